The summed E-state index contributed by atoms with van der Waals surface area (Å²) < 4.78 is 23.3. The van der Waals surface area contributed by atoms with E-state index in [4.69, 9.17) is 9.05 Å². The number of anilines is 1. The molecule has 2 aromatic carbocycles. The van der Waals surface area contributed by atoms with Crippen molar-refractivity contribution in [2.75, 3.05) is 19.5 Å². The molecule has 26 heavy (non-hydrogen) atoms. The average Bonchev–Trinajstić information content (AvgIpc) is 2.66. The Hall–Kier alpha value is -2.21. The first-order chi connectivity index (χ1) is 12.3. The SMILES string of the molecule is COP(=O)(OC)[C@@H](Nc1ccc(C(C)C)cc1)c1ccc([N+](=O)[O-])cc1. The fraction of sp³-hybridized carbons (Fsp3) is 0.333. The molecule has 0 heterocycles. The summed E-state index contributed by atoms with van der Waals surface area (Å²) >= 11 is 0. The standard InChI is InChI=1S/C18H23N2O5P/c1-13(2)14-5-9-16(10-6-14)19-18(26(23,24-3)25-4)15-7-11-17(12-8-15)20(21)22/h5-13,18-19H,1-4H3/t18-/m1/s1. The van der Waals surface area contributed by atoms with Gasteiger partial charge < -0.3 is 14.4 Å². The molecule has 2 rings (SSSR count). The number of nitrogens with one attached hydrogen (secondary N) is 1. The van der Waals surface area contributed by atoms with Gasteiger partial charge >= 0.3 is 7.60 Å². The highest BCUT2D eigenvalue weighted by Gasteiger charge is 2.35. The van der Waals surface area contributed by atoms with Crippen LogP contribution >= 0.6 is 7.60 Å². The molecule has 1 atom stereocenters. The zero-order valence-corrected chi connectivity index (χ0v) is 16.1. The fourth-order valence-electron chi connectivity index (χ4n) is 2.53. The van der Waals surface area contributed by atoms with E-state index < -0.39 is 18.3 Å². The Kier molecular flexibility index (Phi) is 6.53. The van der Waals surface area contributed by atoms with Gasteiger partial charge in [-0.05, 0) is 41.3 Å². The molecule has 2 aromatic rings. The molecule has 0 amide bonds. The van der Waals surface area contributed by atoms with Crippen molar-refractivity contribution in [3.05, 3.63) is 69.8 Å². The zero-order valence-electron chi connectivity index (χ0n) is 15.2. The second-order valence-electron chi connectivity index (χ2n) is 6.08. The molecule has 0 aromatic heterocycles. The second kappa shape index (κ2) is 8.45. The summed E-state index contributed by atoms with van der Waals surface area (Å²) in [5, 5.41) is 14.0. The van der Waals surface area contributed by atoms with Crippen molar-refractivity contribution in [1.82, 2.24) is 0 Å². The lowest BCUT2D eigenvalue weighted by Crippen LogP contribution is -2.13. The molecule has 7 nitrogen and oxygen atoms in total. The Balaban J connectivity index is 2.38. The van der Waals surface area contributed by atoms with Gasteiger partial charge in [-0.15, -0.1) is 0 Å². The number of hydrogen-bond acceptors (Lipinski definition) is 6. The number of benzene rings is 2. The topological polar surface area (TPSA) is 90.7 Å². The lowest BCUT2D eigenvalue weighted by molar-refractivity contribution is -0.384. The van der Waals surface area contributed by atoms with Gasteiger partial charge in [-0.3, -0.25) is 14.7 Å². The third kappa shape index (κ3) is 4.49. The van der Waals surface area contributed by atoms with E-state index in [0.29, 0.717) is 11.5 Å². The van der Waals surface area contributed by atoms with Crippen LogP contribution in [-0.4, -0.2) is 19.1 Å². The molecule has 8 heteroatoms. The molecule has 0 radical (unpaired) electrons. The summed E-state index contributed by atoms with van der Waals surface area (Å²) in [5.74, 6) is -0.401. The van der Waals surface area contributed by atoms with Crippen molar-refractivity contribution in [3.8, 4) is 0 Å². The van der Waals surface area contributed by atoms with Crippen LogP contribution in [0.1, 0.15) is 36.7 Å². The lowest BCUT2D eigenvalue weighted by atomic mass is 10.0. The summed E-state index contributed by atoms with van der Waals surface area (Å²) in [6, 6.07) is 13.6. The summed E-state index contributed by atoms with van der Waals surface area (Å²) in [5.41, 5.74) is 2.45. The highest BCUT2D eigenvalue weighted by molar-refractivity contribution is 7.54. The van der Waals surface area contributed by atoms with Crippen molar-refractivity contribution < 1.29 is 18.5 Å². The fourth-order valence-corrected chi connectivity index (χ4v) is 3.95. The number of hydrogen-bond donors (Lipinski definition) is 1. The Morgan fingerprint density at radius 3 is 1.88 bits per heavy atom. The van der Waals surface area contributed by atoms with Gasteiger partial charge in [0.25, 0.3) is 5.69 Å². The number of nitrogens with zero attached hydrogens (tertiary/aromatic N) is 1. The number of non-ortho nitro benzene ring substituents is 1. The average molecular weight is 378 g/mol. The first-order valence-electron chi connectivity index (χ1n) is 8.12. The second-order valence-corrected chi connectivity index (χ2v) is 8.40. The van der Waals surface area contributed by atoms with Gasteiger partial charge in [0.1, 0.15) is 0 Å². The van der Waals surface area contributed by atoms with Crippen molar-refractivity contribution >= 4 is 19.0 Å². The maximum absolute atomic E-state index is 13.0. The van der Waals surface area contributed by atoms with Crippen LogP contribution in [-0.2, 0) is 13.6 Å². The maximum Gasteiger partial charge on any atom is 0.356 e. The van der Waals surface area contributed by atoms with Gasteiger partial charge in [0.05, 0.1) is 4.92 Å². The summed E-state index contributed by atoms with van der Waals surface area (Å²) in [6.45, 7) is 4.21. The third-order valence-electron chi connectivity index (χ3n) is 4.13. The van der Waals surface area contributed by atoms with E-state index in [1.165, 1.54) is 31.9 Å². The molecule has 0 saturated heterocycles. The van der Waals surface area contributed by atoms with Crippen LogP contribution in [0.2, 0.25) is 0 Å². The van der Waals surface area contributed by atoms with Crippen LogP contribution < -0.4 is 5.32 Å². The Labute approximate surface area is 153 Å². The molecule has 1 N–H and O–H groups in total. The minimum Gasteiger partial charge on any atom is -0.368 e. The van der Waals surface area contributed by atoms with Crippen LogP contribution in [0.5, 0.6) is 0 Å². The van der Waals surface area contributed by atoms with Crippen molar-refractivity contribution in [2.24, 2.45) is 0 Å². The summed E-state index contributed by atoms with van der Waals surface area (Å²) in [4.78, 5) is 10.4. The van der Waals surface area contributed by atoms with E-state index in [9.17, 15) is 14.7 Å². The Bertz CT molecular complexity index is 782. The molecule has 0 aliphatic rings. The first kappa shape index (κ1) is 20.1. The molecular formula is C18H23N2O5P. The van der Waals surface area contributed by atoms with Crippen LogP contribution in [0.3, 0.4) is 0 Å². The predicted molar refractivity (Wildman–Crippen MR) is 102 cm³/mol. The summed E-state index contributed by atoms with van der Waals surface area (Å²) in [6.07, 6.45) is 0. The molecular weight excluding hydrogens is 355 g/mol. The van der Waals surface area contributed by atoms with E-state index >= 15 is 0 Å². The van der Waals surface area contributed by atoms with Crippen LogP contribution in [0, 0.1) is 10.1 Å². The highest BCUT2D eigenvalue weighted by atomic mass is 31.2. The van der Waals surface area contributed by atoms with E-state index in [2.05, 4.69) is 19.2 Å². The van der Waals surface area contributed by atoms with Crippen molar-refractivity contribution in [2.45, 2.75) is 25.5 Å². The number of nitro groups is 1. The molecule has 0 aliphatic heterocycles. The smallest absolute Gasteiger partial charge is 0.356 e. The van der Waals surface area contributed by atoms with Gasteiger partial charge in [-0.25, -0.2) is 0 Å². The normalized spacial score (nSPS) is 12.8. The molecule has 140 valence electrons. The van der Waals surface area contributed by atoms with Gasteiger partial charge in [0, 0.05) is 32.0 Å². The van der Waals surface area contributed by atoms with Gasteiger partial charge in [-0.2, -0.15) is 0 Å². The Morgan fingerprint density at radius 2 is 1.46 bits per heavy atom. The van der Waals surface area contributed by atoms with Gasteiger partial charge in [-0.1, -0.05) is 26.0 Å². The largest absolute Gasteiger partial charge is 0.368 e. The van der Waals surface area contributed by atoms with E-state index in [0.717, 1.165) is 5.69 Å². The van der Waals surface area contributed by atoms with E-state index in [1.807, 2.05) is 24.3 Å². The van der Waals surface area contributed by atoms with Crippen molar-refractivity contribution in [1.29, 1.82) is 0 Å². The summed E-state index contributed by atoms with van der Waals surface area (Å²) in [7, 11) is -0.906. The molecule has 0 bridgehead atoms. The lowest BCUT2D eigenvalue weighted by Gasteiger charge is -2.26. The molecule has 0 fully saturated rings. The maximum atomic E-state index is 13.0. The minimum absolute atomic E-state index is 0.0431. The number of rotatable bonds is 8. The molecule has 0 aliphatic carbocycles. The Morgan fingerprint density at radius 1 is 0.962 bits per heavy atom. The van der Waals surface area contributed by atoms with E-state index in [-0.39, 0.29) is 5.69 Å². The van der Waals surface area contributed by atoms with Gasteiger partial charge in [0.15, 0.2) is 5.78 Å². The molecule has 0 saturated carbocycles. The minimum atomic E-state index is -3.53. The highest BCUT2D eigenvalue weighted by Crippen LogP contribution is 2.59. The van der Waals surface area contributed by atoms with Crippen LogP contribution in [0.25, 0.3) is 0 Å². The predicted octanol–water partition coefficient (Wildman–Crippen LogP) is 5.31. The zero-order chi connectivity index (χ0) is 19.3. The number of nitro benzene ring substituents is 1. The molecule has 0 unspecified atom stereocenters. The monoisotopic (exact) mass is 378 g/mol. The van der Waals surface area contributed by atoms with Crippen molar-refractivity contribution in [3.63, 3.8) is 0 Å². The van der Waals surface area contributed by atoms with Crippen LogP contribution in [0.4, 0.5) is 11.4 Å². The quantitative estimate of drug-likeness (QED) is 0.380. The molecule has 0 spiro atoms. The van der Waals surface area contributed by atoms with Crippen LogP contribution in [0.15, 0.2) is 48.5 Å². The van der Waals surface area contributed by atoms with E-state index in [1.54, 1.807) is 12.1 Å². The third-order valence-corrected chi connectivity index (χ3v) is 6.20. The van der Waals surface area contributed by atoms with Gasteiger partial charge in [0.2, 0.25) is 0 Å². The first-order valence-corrected chi connectivity index (χ1v) is 9.74.